The van der Waals surface area contributed by atoms with Crippen LogP contribution in [0, 0.1) is 0 Å². The summed E-state index contributed by atoms with van der Waals surface area (Å²) in [4.78, 5) is 5.40. The first-order valence-corrected chi connectivity index (χ1v) is 6.96. The van der Waals surface area contributed by atoms with Crippen LogP contribution in [-0.4, -0.2) is 61.2 Å². The van der Waals surface area contributed by atoms with E-state index in [1.54, 1.807) is 0 Å². The molecule has 2 unspecified atom stereocenters. The van der Waals surface area contributed by atoms with E-state index in [1.165, 1.54) is 64.8 Å². The SMILES string of the molecule is CN1CCCC2(CNCCC3CCCN32)C1. The average molecular weight is 223 g/mol. The Bertz CT molecular complexity index is 256. The predicted molar refractivity (Wildman–Crippen MR) is 66.7 cm³/mol. The van der Waals surface area contributed by atoms with E-state index in [4.69, 9.17) is 0 Å². The van der Waals surface area contributed by atoms with Gasteiger partial charge in [0.25, 0.3) is 0 Å². The zero-order chi connectivity index (χ0) is 11.0. The molecule has 0 radical (unpaired) electrons. The van der Waals surface area contributed by atoms with E-state index in [1.807, 2.05) is 0 Å². The second kappa shape index (κ2) is 4.28. The van der Waals surface area contributed by atoms with E-state index in [0.717, 1.165) is 6.04 Å². The zero-order valence-corrected chi connectivity index (χ0v) is 10.5. The molecule has 2 atom stereocenters. The highest BCUT2D eigenvalue weighted by Crippen LogP contribution is 2.35. The van der Waals surface area contributed by atoms with Gasteiger partial charge in [0.15, 0.2) is 0 Å². The third-order valence-electron chi connectivity index (χ3n) is 4.84. The Labute approximate surface area is 99.2 Å². The summed E-state index contributed by atoms with van der Waals surface area (Å²) in [5, 5.41) is 3.69. The number of nitrogens with one attached hydrogen (secondary N) is 1. The number of hydrogen-bond donors (Lipinski definition) is 1. The highest BCUT2D eigenvalue weighted by Gasteiger charge is 2.45. The van der Waals surface area contributed by atoms with Gasteiger partial charge in [-0.15, -0.1) is 0 Å². The first kappa shape index (κ1) is 11.0. The number of nitrogens with zero attached hydrogens (tertiary/aromatic N) is 2. The molecule has 3 aliphatic rings. The third kappa shape index (κ3) is 1.79. The minimum absolute atomic E-state index is 0.463. The standard InChI is InChI=1S/C13H25N3/c1-15-8-3-6-13(11-15)10-14-7-5-12-4-2-9-16(12)13/h12,14H,2-11H2,1H3. The molecule has 3 heterocycles. The lowest BCUT2D eigenvalue weighted by Crippen LogP contribution is -2.62. The van der Waals surface area contributed by atoms with E-state index < -0.39 is 0 Å². The Morgan fingerprint density at radius 1 is 1.19 bits per heavy atom. The summed E-state index contributed by atoms with van der Waals surface area (Å²) in [7, 11) is 2.29. The largest absolute Gasteiger partial charge is 0.315 e. The lowest BCUT2D eigenvalue weighted by atomic mass is 9.87. The molecule has 3 heteroatoms. The molecule has 0 bridgehead atoms. The van der Waals surface area contributed by atoms with Crippen molar-refractivity contribution in [1.82, 2.24) is 15.1 Å². The minimum Gasteiger partial charge on any atom is -0.315 e. The van der Waals surface area contributed by atoms with Gasteiger partial charge in [0.05, 0.1) is 0 Å². The molecule has 0 aromatic rings. The molecule has 1 N–H and O–H groups in total. The van der Waals surface area contributed by atoms with Gasteiger partial charge >= 0.3 is 0 Å². The van der Waals surface area contributed by atoms with Gasteiger partial charge in [0, 0.05) is 24.7 Å². The van der Waals surface area contributed by atoms with Crippen molar-refractivity contribution in [2.75, 3.05) is 39.8 Å². The molecule has 0 aromatic carbocycles. The van der Waals surface area contributed by atoms with Crippen LogP contribution in [-0.2, 0) is 0 Å². The summed E-state index contributed by atoms with van der Waals surface area (Å²) in [6.07, 6.45) is 7.01. The van der Waals surface area contributed by atoms with Crippen LogP contribution in [0.4, 0.5) is 0 Å². The Hall–Kier alpha value is -0.120. The van der Waals surface area contributed by atoms with Gasteiger partial charge in [-0.3, -0.25) is 4.90 Å². The van der Waals surface area contributed by atoms with Crippen molar-refractivity contribution >= 4 is 0 Å². The van der Waals surface area contributed by atoms with Crippen molar-refractivity contribution in [2.24, 2.45) is 0 Å². The summed E-state index contributed by atoms with van der Waals surface area (Å²) in [6, 6.07) is 0.876. The topological polar surface area (TPSA) is 18.5 Å². The van der Waals surface area contributed by atoms with Crippen molar-refractivity contribution in [1.29, 1.82) is 0 Å². The van der Waals surface area contributed by atoms with Crippen LogP contribution >= 0.6 is 0 Å². The normalized spacial score (nSPS) is 42.2. The molecular weight excluding hydrogens is 198 g/mol. The number of likely N-dealkylation sites (tertiary alicyclic amines) is 1. The maximum atomic E-state index is 3.69. The monoisotopic (exact) mass is 223 g/mol. The summed E-state index contributed by atoms with van der Waals surface area (Å²) in [6.45, 7) is 6.36. The van der Waals surface area contributed by atoms with Gasteiger partial charge in [0.1, 0.15) is 0 Å². The van der Waals surface area contributed by atoms with Crippen LogP contribution in [0.25, 0.3) is 0 Å². The molecule has 0 saturated carbocycles. The average Bonchev–Trinajstić information content (AvgIpc) is 2.68. The van der Waals surface area contributed by atoms with Gasteiger partial charge in [-0.25, -0.2) is 0 Å². The summed E-state index contributed by atoms with van der Waals surface area (Å²) < 4.78 is 0. The molecule has 16 heavy (non-hydrogen) atoms. The molecule has 3 rings (SSSR count). The summed E-state index contributed by atoms with van der Waals surface area (Å²) >= 11 is 0. The lowest BCUT2D eigenvalue weighted by Gasteiger charge is -2.48. The summed E-state index contributed by atoms with van der Waals surface area (Å²) in [5.41, 5.74) is 0.463. The first-order valence-electron chi connectivity index (χ1n) is 6.96. The number of likely N-dealkylation sites (N-methyl/N-ethyl adjacent to an activating group) is 1. The first-order chi connectivity index (χ1) is 7.80. The Kier molecular flexibility index (Phi) is 2.94. The van der Waals surface area contributed by atoms with Crippen LogP contribution in [0.2, 0.25) is 0 Å². The highest BCUT2D eigenvalue weighted by molar-refractivity contribution is 5.03. The van der Waals surface area contributed by atoms with Crippen molar-refractivity contribution in [3.63, 3.8) is 0 Å². The van der Waals surface area contributed by atoms with Crippen molar-refractivity contribution in [3.8, 4) is 0 Å². The highest BCUT2D eigenvalue weighted by atomic mass is 15.3. The van der Waals surface area contributed by atoms with Crippen LogP contribution in [0.15, 0.2) is 0 Å². The molecule has 1 spiro atoms. The zero-order valence-electron chi connectivity index (χ0n) is 10.5. The van der Waals surface area contributed by atoms with Gasteiger partial charge in [-0.2, -0.15) is 0 Å². The van der Waals surface area contributed by atoms with E-state index in [9.17, 15) is 0 Å². The third-order valence-corrected chi connectivity index (χ3v) is 4.84. The second-order valence-electron chi connectivity index (χ2n) is 6.02. The lowest BCUT2D eigenvalue weighted by molar-refractivity contribution is 0.0203. The molecule has 0 aromatic heterocycles. The van der Waals surface area contributed by atoms with Crippen LogP contribution in [0.1, 0.15) is 32.1 Å². The Morgan fingerprint density at radius 2 is 2.12 bits per heavy atom. The van der Waals surface area contributed by atoms with E-state index in [2.05, 4.69) is 22.2 Å². The predicted octanol–water partition coefficient (Wildman–Crippen LogP) is 0.909. The van der Waals surface area contributed by atoms with Crippen LogP contribution < -0.4 is 5.32 Å². The fourth-order valence-corrected chi connectivity index (χ4v) is 4.17. The van der Waals surface area contributed by atoms with Gasteiger partial charge in [-0.1, -0.05) is 0 Å². The fraction of sp³-hybridized carbons (Fsp3) is 1.00. The van der Waals surface area contributed by atoms with Crippen LogP contribution in [0.5, 0.6) is 0 Å². The smallest absolute Gasteiger partial charge is 0.0463 e. The number of fused-ring (bicyclic) bond motifs is 2. The molecule has 3 aliphatic heterocycles. The quantitative estimate of drug-likeness (QED) is 0.658. The van der Waals surface area contributed by atoms with Gasteiger partial charge in [-0.05, 0) is 58.8 Å². The molecular formula is C13H25N3. The van der Waals surface area contributed by atoms with E-state index in [-0.39, 0.29) is 0 Å². The van der Waals surface area contributed by atoms with Crippen molar-refractivity contribution < 1.29 is 0 Å². The summed E-state index contributed by atoms with van der Waals surface area (Å²) in [5.74, 6) is 0. The van der Waals surface area contributed by atoms with Gasteiger partial charge < -0.3 is 10.2 Å². The molecule has 0 aliphatic carbocycles. The fourth-order valence-electron chi connectivity index (χ4n) is 4.17. The maximum Gasteiger partial charge on any atom is 0.0463 e. The minimum atomic E-state index is 0.463. The van der Waals surface area contributed by atoms with Crippen molar-refractivity contribution in [2.45, 2.75) is 43.7 Å². The van der Waals surface area contributed by atoms with Gasteiger partial charge in [0.2, 0.25) is 0 Å². The van der Waals surface area contributed by atoms with E-state index in [0.29, 0.717) is 5.54 Å². The molecule has 3 fully saturated rings. The number of rotatable bonds is 0. The molecule has 3 saturated heterocycles. The second-order valence-corrected chi connectivity index (χ2v) is 6.02. The number of piperidine rings is 1. The maximum absolute atomic E-state index is 3.69. The van der Waals surface area contributed by atoms with E-state index >= 15 is 0 Å². The number of hydrogen-bond acceptors (Lipinski definition) is 3. The molecule has 0 amide bonds. The van der Waals surface area contributed by atoms with Crippen molar-refractivity contribution in [3.05, 3.63) is 0 Å². The Balaban J connectivity index is 1.84. The molecule has 92 valence electrons. The Morgan fingerprint density at radius 3 is 3.00 bits per heavy atom. The molecule has 3 nitrogen and oxygen atoms in total. The van der Waals surface area contributed by atoms with Crippen LogP contribution in [0.3, 0.4) is 0 Å².